The number of nitrogens with one attached hydrogen (secondary N) is 1. The van der Waals surface area contributed by atoms with Crippen molar-refractivity contribution < 1.29 is 9.90 Å². The van der Waals surface area contributed by atoms with Gasteiger partial charge in [0, 0.05) is 6.04 Å². The first-order valence-corrected chi connectivity index (χ1v) is 5.88. The predicted molar refractivity (Wildman–Crippen MR) is 67.0 cm³/mol. The monoisotopic (exact) mass is 246 g/mol. The number of hydrogen-bond donors (Lipinski definition) is 2. The minimum absolute atomic E-state index is 0.109. The lowest BCUT2D eigenvalue weighted by Crippen LogP contribution is -2.17. The molecule has 1 saturated carbocycles. The number of imidazole rings is 1. The number of carboxylic acid groups (broad SMARTS) is 1. The van der Waals surface area contributed by atoms with Gasteiger partial charge in [-0.3, -0.25) is 4.57 Å². The number of aromatic nitrogens is 2. The van der Waals surface area contributed by atoms with Gasteiger partial charge in [0.1, 0.15) is 0 Å². The zero-order chi connectivity index (χ0) is 13.1. The van der Waals surface area contributed by atoms with Crippen LogP contribution in [0.15, 0.2) is 23.0 Å². The number of carbonyl (C=O) groups is 1. The van der Waals surface area contributed by atoms with Crippen LogP contribution in [0.1, 0.15) is 36.7 Å². The summed E-state index contributed by atoms with van der Waals surface area (Å²) < 4.78 is 1.68. The van der Waals surface area contributed by atoms with Gasteiger partial charge in [-0.15, -0.1) is 0 Å². The van der Waals surface area contributed by atoms with Crippen molar-refractivity contribution >= 4 is 17.0 Å². The fourth-order valence-electron chi connectivity index (χ4n) is 2.52. The fourth-order valence-corrected chi connectivity index (χ4v) is 2.52. The highest BCUT2D eigenvalue weighted by Crippen LogP contribution is 2.55. The van der Waals surface area contributed by atoms with Crippen molar-refractivity contribution in [3.63, 3.8) is 0 Å². The lowest BCUT2D eigenvalue weighted by atomic mass is 10.1. The fraction of sp³-hybridized carbons (Fsp3) is 0.385. The Morgan fingerprint density at radius 3 is 2.72 bits per heavy atom. The summed E-state index contributed by atoms with van der Waals surface area (Å²) in [5, 5.41) is 9.11. The third-order valence-electron chi connectivity index (χ3n) is 3.76. The molecular weight excluding hydrogens is 232 g/mol. The maximum Gasteiger partial charge on any atom is 0.337 e. The molecule has 5 heteroatoms. The molecular formula is C13H14N2O3. The van der Waals surface area contributed by atoms with Gasteiger partial charge in [0.25, 0.3) is 0 Å². The molecule has 0 saturated heterocycles. The number of aromatic amines is 1. The number of H-pyrrole nitrogens is 1. The lowest BCUT2D eigenvalue weighted by Gasteiger charge is -2.05. The molecule has 0 amide bonds. The molecule has 0 spiro atoms. The van der Waals surface area contributed by atoms with E-state index in [4.69, 9.17) is 5.11 Å². The molecule has 1 aromatic carbocycles. The Hall–Kier alpha value is -2.04. The topological polar surface area (TPSA) is 75.1 Å². The first-order chi connectivity index (χ1) is 8.42. The molecule has 1 fully saturated rings. The third-order valence-corrected chi connectivity index (χ3v) is 3.76. The Bertz CT molecular complexity index is 709. The summed E-state index contributed by atoms with van der Waals surface area (Å²) in [7, 11) is 0. The number of para-hydroxylation sites is 1. The van der Waals surface area contributed by atoms with Gasteiger partial charge in [0.15, 0.2) is 0 Å². The highest BCUT2D eigenvalue weighted by atomic mass is 16.4. The lowest BCUT2D eigenvalue weighted by molar-refractivity contribution is 0.0699. The molecule has 2 N–H and O–H groups in total. The summed E-state index contributed by atoms with van der Waals surface area (Å²) in [6.07, 6.45) is 0.942. The van der Waals surface area contributed by atoms with Gasteiger partial charge >= 0.3 is 11.7 Å². The van der Waals surface area contributed by atoms with Crippen LogP contribution < -0.4 is 5.69 Å². The summed E-state index contributed by atoms with van der Waals surface area (Å²) in [4.78, 5) is 25.8. The minimum atomic E-state index is -1.02. The number of hydrogen-bond acceptors (Lipinski definition) is 2. The predicted octanol–water partition coefficient (Wildman–Crippen LogP) is 2.00. The van der Waals surface area contributed by atoms with E-state index in [0.29, 0.717) is 11.0 Å². The van der Waals surface area contributed by atoms with Gasteiger partial charge in [-0.1, -0.05) is 19.9 Å². The van der Waals surface area contributed by atoms with Crippen molar-refractivity contribution in [2.24, 2.45) is 5.41 Å². The number of rotatable bonds is 2. The van der Waals surface area contributed by atoms with Crippen LogP contribution in [-0.2, 0) is 0 Å². The maximum absolute atomic E-state index is 12.0. The first-order valence-electron chi connectivity index (χ1n) is 5.88. The quantitative estimate of drug-likeness (QED) is 0.851. The molecule has 3 rings (SSSR count). The second-order valence-electron chi connectivity index (χ2n) is 5.51. The Balaban J connectivity index is 2.29. The standard InChI is InChI=1S/C13H14N2O3/c1-13(2)6-9(13)15-8-5-3-4-7(11(16)17)10(8)14-12(15)18/h3-5,9H,6H2,1-2H3,(H,14,18)(H,16,17). The molecule has 1 aliphatic carbocycles. The van der Waals surface area contributed by atoms with E-state index in [1.807, 2.05) is 0 Å². The van der Waals surface area contributed by atoms with Crippen LogP contribution in [0, 0.1) is 5.41 Å². The highest BCUT2D eigenvalue weighted by molar-refractivity contribution is 6.00. The van der Waals surface area contributed by atoms with Gasteiger partial charge in [0.05, 0.1) is 16.6 Å². The molecule has 5 nitrogen and oxygen atoms in total. The van der Waals surface area contributed by atoms with E-state index in [9.17, 15) is 9.59 Å². The first kappa shape index (κ1) is 11.1. The molecule has 1 aromatic heterocycles. The van der Waals surface area contributed by atoms with Crippen molar-refractivity contribution in [3.05, 3.63) is 34.2 Å². The molecule has 1 atom stereocenters. The Morgan fingerprint density at radius 2 is 2.17 bits per heavy atom. The smallest absolute Gasteiger partial charge is 0.337 e. The second kappa shape index (κ2) is 3.25. The third kappa shape index (κ3) is 1.40. The van der Waals surface area contributed by atoms with Crippen LogP contribution in [0.25, 0.3) is 11.0 Å². The molecule has 1 aliphatic rings. The van der Waals surface area contributed by atoms with Crippen molar-refractivity contribution in [2.75, 3.05) is 0 Å². The molecule has 2 aromatic rings. The van der Waals surface area contributed by atoms with E-state index in [1.54, 1.807) is 16.7 Å². The number of fused-ring (bicyclic) bond motifs is 1. The Morgan fingerprint density at radius 1 is 1.50 bits per heavy atom. The molecule has 0 aliphatic heterocycles. The Kier molecular flexibility index (Phi) is 2.00. The SMILES string of the molecule is CC1(C)CC1n1c(=O)[nH]c2c(C(=O)O)cccc21. The second-order valence-corrected chi connectivity index (χ2v) is 5.51. The van der Waals surface area contributed by atoms with E-state index in [2.05, 4.69) is 18.8 Å². The van der Waals surface area contributed by atoms with Crippen molar-refractivity contribution in [2.45, 2.75) is 26.3 Å². The maximum atomic E-state index is 12.0. The molecule has 1 unspecified atom stereocenters. The van der Waals surface area contributed by atoms with Gasteiger partial charge in [-0.25, -0.2) is 9.59 Å². The van der Waals surface area contributed by atoms with Gasteiger partial charge in [0.2, 0.25) is 0 Å². The Labute approximate surface area is 103 Å². The summed E-state index contributed by atoms with van der Waals surface area (Å²) in [5.41, 5.74) is 1.11. The van der Waals surface area contributed by atoms with Crippen molar-refractivity contribution in [1.82, 2.24) is 9.55 Å². The van der Waals surface area contributed by atoms with Crippen LogP contribution in [-0.4, -0.2) is 20.6 Å². The van der Waals surface area contributed by atoms with Crippen LogP contribution in [0.4, 0.5) is 0 Å². The highest BCUT2D eigenvalue weighted by Gasteiger charge is 2.48. The van der Waals surface area contributed by atoms with E-state index < -0.39 is 5.97 Å². The number of carboxylic acids is 1. The van der Waals surface area contributed by atoms with E-state index in [0.717, 1.165) is 6.42 Å². The molecule has 18 heavy (non-hydrogen) atoms. The van der Waals surface area contributed by atoms with E-state index >= 15 is 0 Å². The molecule has 1 heterocycles. The average molecular weight is 246 g/mol. The molecule has 0 bridgehead atoms. The zero-order valence-electron chi connectivity index (χ0n) is 10.2. The number of benzene rings is 1. The van der Waals surface area contributed by atoms with E-state index in [1.165, 1.54) is 6.07 Å². The normalized spacial score (nSPS) is 21.1. The number of aromatic carboxylic acids is 1. The summed E-state index contributed by atoms with van der Waals surface area (Å²) in [6, 6.07) is 5.12. The summed E-state index contributed by atoms with van der Waals surface area (Å²) in [5.74, 6) is -1.02. The van der Waals surface area contributed by atoms with Crippen LogP contribution >= 0.6 is 0 Å². The van der Waals surface area contributed by atoms with Crippen molar-refractivity contribution in [1.29, 1.82) is 0 Å². The van der Waals surface area contributed by atoms with Gasteiger partial charge in [-0.05, 0) is 24.0 Å². The van der Waals surface area contributed by atoms with Gasteiger partial charge in [-0.2, -0.15) is 0 Å². The van der Waals surface area contributed by atoms with Crippen LogP contribution in [0.5, 0.6) is 0 Å². The number of nitrogens with zero attached hydrogens (tertiary/aromatic N) is 1. The minimum Gasteiger partial charge on any atom is -0.478 e. The van der Waals surface area contributed by atoms with Crippen molar-refractivity contribution in [3.8, 4) is 0 Å². The zero-order valence-corrected chi connectivity index (χ0v) is 10.2. The van der Waals surface area contributed by atoms with Gasteiger partial charge < -0.3 is 10.1 Å². The van der Waals surface area contributed by atoms with Crippen LogP contribution in [0.2, 0.25) is 0 Å². The average Bonchev–Trinajstić information content (AvgIpc) is 2.77. The van der Waals surface area contributed by atoms with E-state index in [-0.39, 0.29) is 22.7 Å². The molecule has 94 valence electrons. The van der Waals surface area contributed by atoms with Crippen LogP contribution in [0.3, 0.4) is 0 Å². The summed E-state index contributed by atoms with van der Waals surface area (Å²) >= 11 is 0. The molecule has 0 radical (unpaired) electrons. The summed E-state index contributed by atoms with van der Waals surface area (Å²) in [6.45, 7) is 4.20. The largest absolute Gasteiger partial charge is 0.478 e.